The number of aromatic hydroxyl groups is 1. The number of ether oxygens (including phenoxy) is 1. The fraction of sp³-hybridized carbons (Fsp3) is 0.417. The van der Waals surface area contributed by atoms with Crippen LogP contribution in [0.4, 0.5) is 0 Å². The molecule has 0 unspecified atom stereocenters. The second-order valence-electron chi connectivity index (χ2n) is 4.52. The molecule has 0 radical (unpaired) electrons. The lowest BCUT2D eigenvalue weighted by atomic mass is 9.80. The Morgan fingerprint density at radius 3 is 2.42 bits per heavy atom. The smallest absolute Gasteiger partial charge is 0.313 e. The van der Waals surface area contributed by atoms with Gasteiger partial charge >= 0.3 is 5.97 Å². The number of carbonyl (C=O) groups is 1. The molecule has 0 amide bonds. The Morgan fingerprint density at radius 2 is 1.95 bits per heavy atom. The van der Waals surface area contributed by atoms with Gasteiger partial charge in [-0.05, 0) is 26.0 Å². The molecule has 0 saturated carbocycles. The van der Waals surface area contributed by atoms with Gasteiger partial charge in [-0.25, -0.2) is 0 Å². The van der Waals surface area contributed by atoms with Crippen molar-refractivity contribution in [1.29, 1.82) is 0 Å². The first-order chi connectivity index (χ1) is 8.21. The zero-order chi connectivity index (χ0) is 14.1. The van der Waals surface area contributed by atoms with Crippen LogP contribution >= 0.6 is 35.6 Å². The van der Waals surface area contributed by atoms with E-state index in [1.807, 2.05) is 0 Å². The molecule has 3 N–H and O–H groups in total. The molecule has 4 nitrogen and oxygen atoms in total. The third-order valence-corrected chi connectivity index (χ3v) is 3.39. The Kier molecular flexibility index (Phi) is 6.42. The van der Waals surface area contributed by atoms with Gasteiger partial charge in [-0.2, -0.15) is 0 Å². The molecule has 1 rings (SSSR count). The molecule has 19 heavy (non-hydrogen) atoms. The van der Waals surface area contributed by atoms with Crippen molar-refractivity contribution in [2.45, 2.75) is 19.9 Å². The third-order valence-electron chi connectivity index (χ3n) is 2.88. The molecule has 0 spiro atoms. The van der Waals surface area contributed by atoms with Gasteiger partial charge in [0.1, 0.15) is 5.75 Å². The zero-order valence-electron chi connectivity index (χ0n) is 10.7. The Hall–Kier alpha value is -0.680. The average Bonchev–Trinajstić information content (AvgIpc) is 2.31. The van der Waals surface area contributed by atoms with E-state index < -0.39 is 17.4 Å². The first-order valence-corrected chi connectivity index (χ1v) is 5.99. The van der Waals surface area contributed by atoms with Crippen molar-refractivity contribution in [2.75, 3.05) is 7.11 Å². The van der Waals surface area contributed by atoms with Crippen LogP contribution in [0.5, 0.6) is 5.75 Å². The predicted octanol–water partition coefficient (Wildman–Crippen LogP) is 3.32. The summed E-state index contributed by atoms with van der Waals surface area (Å²) in [6, 6.07) is 2.10. The van der Waals surface area contributed by atoms with E-state index in [0.717, 1.165) is 0 Å². The zero-order valence-corrected chi connectivity index (χ0v) is 13.1. The Bertz CT molecular complexity index is 478. The highest BCUT2D eigenvalue weighted by Crippen LogP contribution is 2.41. The average molecular weight is 329 g/mol. The van der Waals surface area contributed by atoms with Gasteiger partial charge in [0, 0.05) is 16.6 Å². The van der Waals surface area contributed by atoms with Crippen LogP contribution in [0.3, 0.4) is 0 Å². The summed E-state index contributed by atoms with van der Waals surface area (Å²) in [6.45, 7) is 3.25. The van der Waals surface area contributed by atoms with E-state index in [-0.39, 0.29) is 23.2 Å². The van der Waals surface area contributed by atoms with Crippen molar-refractivity contribution < 1.29 is 14.6 Å². The largest absolute Gasteiger partial charge is 0.506 e. The standard InChI is InChI=1S/C12H15Cl2NO3.ClH/c1-12(2,11(17)18-3)10(15)7-4-6(13)5-8(14)9(7)16;/h4-5,10,16H,15H2,1-3H3;1H/t10-;/m0./s1. The number of rotatable bonds is 3. The number of carbonyl (C=O) groups excluding carboxylic acids is 1. The summed E-state index contributed by atoms with van der Waals surface area (Å²) in [7, 11) is 1.28. The lowest BCUT2D eigenvalue weighted by molar-refractivity contribution is -0.152. The lowest BCUT2D eigenvalue weighted by Crippen LogP contribution is -2.37. The number of hydrogen-bond donors (Lipinski definition) is 2. The van der Waals surface area contributed by atoms with Crippen molar-refractivity contribution in [2.24, 2.45) is 11.1 Å². The van der Waals surface area contributed by atoms with E-state index in [1.165, 1.54) is 19.2 Å². The molecule has 0 aromatic heterocycles. The highest BCUT2D eigenvalue weighted by molar-refractivity contribution is 6.35. The SMILES string of the molecule is COC(=O)C(C)(C)[C@@H](N)c1cc(Cl)cc(Cl)c1O.Cl. The van der Waals surface area contributed by atoms with Crippen LogP contribution in [0.1, 0.15) is 25.5 Å². The number of esters is 1. The summed E-state index contributed by atoms with van der Waals surface area (Å²) >= 11 is 11.7. The Morgan fingerprint density at radius 1 is 1.42 bits per heavy atom. The highest BCUT2D eigenvalue weighted by atomic mass is 35.5. The van der Waals surface area contributed by atoms with Gasteiger partial charge in [-0.1, -0.05) is 23.2 Å². The van der Waals surface area contributed by atoms with Gasteiger partial charge in [-0.3, -0.25) is 4.79 Å². The molecule has 1 aromatic carbocycles. The molecular formula is C12H16Cl3NO3. The number of benzene rings is 1. The van der Waals surface area contributed by atoms with Crippen LogP contribution < -0.4 is 5.73 Å². The number of phenolic OH excluding ortho intramolecular Hbond substituents is 1. The maximum Gasteiger partial charge on any atom is 0.313 e. The fourth-order valence-corrected chi connectivity index (χ4v) is 2.11. The summed E-state index contributed by atoms with van der Waals surface area (Å²) in [5.74, 6) is -0.656. The molecular weight excluding hydrogens is 312 g/mol. The summed E-state index contributed by atoms with van der Waals surface area (Å²) in [5, 5.41) is 10.3. The van der Waals surface area contributed by atoms with Crippen molar-refractivity contribution >= 4 is 41.6 Å². The highest BCUT2D eigenvalue weighted by Gasteiger charge is 2.38. The number of methoxy groups -OCH3 is 1. The normalized spacial score (nSPS) is 12.5. The first kappa shape index (κ1) is 18.3. The second kappa shape index (κ2) is 6.66. The lowest BCUT2D eigenvalue weighted by Gasteiger charge is -2.29. The molecule has 0 aliphatic rings. The molecule has 108 valence electrons. The van der Waals surface area contributed by atoms with Crippen LogP contribution in [0.2, 0.25) is 10.0 Å². The summed E-state index contributed by atoms with van der Waals surface area (Å²) in [5.41, 5.74) is 5.30. The van der Waals surface area contributed by atoms with Crippen molar-refractivity contribution in [3.63, 3.8) is 0 Å². The molecule has 1 atom stereocenters. The molecule has 0 saturated heterocycles. The van der Waals surface area contributed by atoms with Gasteiger partial charge in [0.25, 0.3) is 0 Å². The van der Waals surface area contributed by atoms with E-state index in [0.29, 0.717) is 10.6 Å². The van der Waals surface area contributed by atoms with E-state index >= 15 is 0 Å². The molecule has 0 aliphatic heterocycles. The van der Waals surface area contributed by atoms with Crippen LogP contribution in [0, 0.1) is 5.41 Å². The first-order valence-electron chi connectivity index (χ1n) is 5.23. The van der Waals surface area contributed by atoms with E-state index in [1.54, 1.807) is 13.8 Å². The maximum absolute atomic E-state index is 11.7. The van der Waals surface area contributed by atoms with Crippen LogP contribution in [-0.2, 0) is 9.53 Å². The van der Waals surface area contributed by atoms with Crippen LogP contribution in [0.25, 0.3) is 0 Å². The van der Waals surface area contributed by atoms with Gasteiger partial charge < -0.3 is 15.6 Å². The summed E-state index contributed by atoms with van der Waals surface area (Å²) in [6.07, 6.45) is 0. The molecule has 0 aliphatic carbocycles. The fourth-order valence-electron chi connectivity index (χ4n) is 1.60. The summed E-state index contributed by atoms with van der Waals surface area (Å²) in [4.78, 5) is 11.7. The van der Waals surface area contributed by atoms with Gasteiger partial charge in [-0.15, -0.1) is 12.4 Å². The molecule has 0 fully saturated rings. The number of hydrogen-bond acceptors (Lipinski definition) is 4. The van der Waals surface area contributed by atoms with Crippen molar-refractivity contribution in [3.05, 3.63) is 27.7 Å². The van der Waals surface area contributed by atoms with Gasteiger partial charge in [0.15, 0.2) is 0 Å². The monoisotopic (exact) mass is 327 g/mol. The molecule has 7 heteroatoms. The van der Waals surface area contributed by atoms with E-state index in [4.69, 9.17) is 33.7 Å². The second-order valence-corrected chi connectivity index (χ2v) is 5.36. The Balaban J connectivity index is 0.00000324. The third kappa shape index (κ3) is 3.66. The predicted molar refractivity (Wildman–Crippen MR) is 78.1 cm³/mol. The Labute approximate surface area is 128 Å². The topological polar surface area (TPSA) is 72.5 Å². The van der Waals surface area contributed by atoms with Crippen molar-refractivity contribution in [1.82, 2.24) is 0 Å². The molecule has 0 bridgehead atoms. The van der Waals surface area contributed by atoms with Crippen LogP contribution in [-0.4, -0.2) is 18.2 Å². The van der Waals surface area contributed by atoms with Crippen molar-refractivity contribution in [3.8, 4) is 5.75 Å². The molecule has 1 aromatic rings. The number of nitrogens with two attached hydrogens (primary N) is 1. The number of halogens is 3. The summed E-state index contributed by atoms with van der Waals surface area (Å²) < 4.78 is 4.69. The van der Waals surface area contributed by atoms with Gasteiger partial charge in [0.2, 0.25) is 0 Å². The minimum atomic E-state index is -1.01. The molecule has 0 heterocycles. The maximum atomic E-state index is 11.7. The minimum Gasteiger partial charge on any atom is -0.506 e. The minimum absolute atomic E-state index is 0. The quantitative estimate of drug-likeness (QED) is 0.835. The number of phenols is 1. The van der Waals surface area contributed by atoms with E-state index in [2.05, 4.69) is 0 Å². The van der Waals surface area contributed by atoms with Crippen LogP contribution in [0.15, 0.2) is 12.1 Å². The van der Waals surface area contributed by atoms with Gasteiger partial charge in [0.05, 0.1) is 17.5 Å². The van der Waals surface area contributed by atoms with E-state index in [9.17, 15) is 9.90 Å².